The predicted octanol–water partition coefficient (Wildman–Crippen LogP) is 2.35. The SMILES string of the molecule is Fc1ccc2c(c1)nc(CCl)n2Cc1ncon1. The molecule has 0 saturated carbocycles. The van der Waals surface area contributed by atoms with E-state index in [0.29, 0.717) is 23.7 Å². The van der Waals surface area contributed by atoms with Gasteiger partial charge in [0, 0.05) is 6.07 Å². The molecule has 0 saturated heterocycles. The lowest BCUT2D eigenvalue weighted by Crippen LogP contribution is -2.05. The van der Waals surface area contributed by atoms with Gasteiger partial charge in [0.05, 0.1) is 23.5 Å². The van der Waals surface area contributed by atoms with Crippen molar-refractivity contribution in [2.24, 2.45) is 0 Å². The van der Waals surface area contributed by atoms with E-state index in [0.717, 1.165) is 5.52 Å². The molecule has 3 rings (SSSR count). The topological polar surface area (TPSA) is 56.7 Å². The maximum absolute atomic E-state index is 13.1. The van der Waals surface area contributed by atoms with Crippen molar-refractivity contribution < 1.29 is 8.91 Å². The van der Waals surface area contributed by atoms with E-state index in [1.165, 1.54) is 18.5 Å². The molecule has 0 radical (unpaired) electrons. The standard InChI is InChI=1S/C11H8ClFN4O/c12-4-11-15-8-3-7(13)1-2-9(8)17(11)5-10-14-6-18-16-10/h1-3,6H,4-5H2. The van der Waals surface area contributed by atoms with Crippen LogP contribution in [-0.2, 0) is 12.4 Å². The summed E-state index contributed by atoms with van der Waals surface area (Å²) in [5.41, 5.74) is 1.35. The van der Waals surface area contributed by atoms with Crippen LogP contribution in [0.5, 0.6) is 0 Å². The molecule has 1 aromatic carbocycles. The van der Waals surface area contributed by atoms with Crippen molar-refractivity contribution in [1.82, 2.24) is 19.7 Å². The van der Waals surface area contributed by atoms with Gasteiger partial charge >= 0.3 is 0 Å². The molecule has 2 heterocycles. The van der Waals surface area contributed by atoms with Gasteiger partial charge in [0.15, 0.2) is 5.82 Å². The fourth-order valence-corrected chi connectivity index (χ4v) is 2.04. The van der Waals surface area contributed by atoms with Crippen LogP contribution in [0.25, 0.3) is 11.0 Å². The molecule has 92 valence electrons. The second-order valence-electron chi connectivity index (χ2n) is 3.73. The third-order valence-corrected chi connectivity index (χ3v) is 2.85. The summed E-state index contributed by atoms with van der Waals surface area (Å²) in [4.78, 5) is 8.22. The van der Waals surface area contributed by atoms with Gasteiger partial charge in [0.1, 0.15) is 11.6 Å². The Hall–Kier alpha value is -1.95. The molecule has 0 bridgehead atoms. The Bertz CT molecular complexity index is 680. The number of benzene rings is 1. The van der Waals surface area contributed by atoms with Gasteiger partial charge in [-0.1, -0.05) is 5.16 Å². The van der Waals surface area contributed by atoms with E-state index < -0.39 is 0 Å². The first-order valence-corrected chi connectivity index (χ1v) is 5.77. The number of rotatable bonds is 3. The minimum atomic E-state index is -0.326. The Morgan fingerprint density at radius 2 is 2.28 bits per heavy atom. The van der Waals surface area contributed by atoms with Crippen LogP contribution in [0.3, 0.4) is 0 Å². The van der Waals surface area contributed by atoms with E-state index in [1.54, 1.807) is 6.07 Å². The van der Waals surface area contributed by atoms with Gasteiger partial charge in [0.2, 0.25) is 6.39 Å². The van der Waals surface area contributed by atoms with Crippen molar-refractivity contribution in [2.75, 3.05) is 0 Å². The lowest BCUT2D eigenvalue weighted by Gasteiger charge is -2.03. The highest BCUT2D eigenvalue weighted by atomic mass is 35.5. The predicted molar refractivity (Wildman–Crippen MR) is 62.6 cm³/mol. The number of hydrogen-bond acceptors (Lipinski definition) is 4. The van der Waals surface area contributed by atoms with Crippen molar-refractivity contribution >= 4 is 22.6 Å². The normalized spacial score (nSPS) is 11.2. The monoisotopic (exact) mass is 266 g/mol. The number of aromatic nitrogens is 4. The van der Waals surface area contributed by atoms with Crippen molar-refractivity contribution in [3.8, 4) is 0 Å². The Labute approximate surface area is 106 Å². The molecule has 0 aliphatic carbocycles. The lowest BCUT2D eigenvalue weighted by molar-refractivity contribution is 0.408. The Morgan fingerprint density at radius 1 is 1.39 bits per heavy atom. The van der Waals surface area contributed by atoms with E-state index in [4.69, 9.17) is 11.6 Å². The number of nitrogens with zero attached hydrogens (tertiary/aromatic N) is 4. The molecule has 0 unspecified atom stereocenters. The quantitative estimate of drug-likeness (QED) is 0.683. The number of halogens is 2. The first-order chi connectivity index (χ1) is 8.78. The summed E-state index contributed by atoms with van der Waals surface area (Å²) in [7, 11) is 0. The molecule has 2 aromatic heterocycles. The molecule has 18 heavy (non-hydrogen) atoms. The van der Waals surface area contributed by atoms with Crippen molar-refractivity contribution in [3.63, 3.8) is 0 Å². The van der Waals surface area contributed by atoms with E-state index >= 15 is 0 Å². The summed E-state index contributed by atoms with van der Waals surface area (Å²) in [6, 6.07) is 4.42. The summed E-state index contributed by atoms with van der Waals surface area (Å²) < 4.78 is 19.7. The third kappa shape index (κ3) is 1.84. The molecule has 3 aromatic rings. The van der Waals surface area contributed by atoms with Crippen molar-refractivity contribution in [3.05, 3.63) is 42.1 Å². The van der Waals surface area contributed by atoms with E-state index in [1.807, 2.05) is 4.57 Å². The molecular weight excluding hydrogens is 259 g/mol. The lowest BCUT2D eigenvalue weighted by atomic mass is 10.3. The summed E-state index contributed by atoms with van der Waals surface area (Å²) in [5, 5.41) is 3.74. The molecule has 0 amide bonds. The average molecular weight is 267 g/mol. The Balaban J connectivity index is 2.13. The largest absolute Gasteiger partial charge is 0.343 e. The number of imidazole rings is 1. The maximum atomic E-state index is 13.1. The van der Waals surface area contributed by atoms with Crippen LogP contribution in [0.1, 0.15) is 11.6 Å². The number of alkyl halides is 1. The van der Waals surface area contributed by atoms with E-state index in [-0.39, 0.29) is 11.7 Å². The molecule has 0 N–H and O–H groups in total. The molecule has 0 spiro atoms. The highest BCUT2D eigenvalue weighted by molar-refractivity contribution is 6.16. The van der Waals surface area contributed by atoms with Crippen LogP contribution < -0.4 is 0 Å². The van der Waals surface area contributed by atoms with Gasteiger partial charge in [-0.15, -0.1) is 11.6 Å². The summed E-state index contributed by atoms with van der Waals surface area (Å²) in [6.07, 6.45) is 1.26. The molecule has 7 heteroatoms. The van der Waals surface area contributed by atoms with Gasteiger partial charge in [-0.2, -0.15) is 4.98 Å². The zero-order valence-corrected chi connectivity index (χ0v) is 9.93. The number of hydrogen-bond donors (Lipinski definition) is 0. The van der Waals surface area contributed by atoms with Crippen molar-refractivity contribution in [1.29, 1.82) is 0 Å². The van der Waals surface area contributed by atoms with Gasteiger partial charge in [-0.3, -0.25) is 0 Å². The maximum Gasteiger partial charge on any atom is 0.213 e. The third-order valence-electron chi connectivity index (χ3n) is 2.62. The molecule has 0 fully saturated rings. The van der Waals surface area contributed by atoms with Crippen LogP contribution in [0.2, 0.25) is 0 Å². The summed E-state index contributed by atoms with van der Waals surface area (Å²) in [6.45, 7) is 0.390. The zero-order valence-electron chi connectivity index (χ0n) is 9.18. The highest BCUT2D eigenvalue weighted by Gasteiger charge is 2.12. The molecule has 0 aliphatic rings. The minimum absolute atomic E-state index is 0.230. The van der Waals surface area contributed by atoms with Crippen molar-refractivity contribution in [2.45, 2.75) is 12.4 Å². The van der Waals surface area contributed by atoms with Gasteiger partial charge in [-0.25, -0.2) is 9.37 Å². The highest BCUT2D eigenvalue weighted by Crippen LogP contribution is 2.19. The fraction of sp³-hybridized carbons (Fsp3) is 0.182. The zero-order chi connectivity index (χ0) is 12.5. The second kappa shape index (κ2) is 4.38. The van der Waals surface area contributed by atoms with Crippen LogP contribution in [-0.4, -0.2) is 19.7 Å². The molecule has 0 atom stereocenters. The molecule has 5 nitrogen and oxygen atoms in total. The minimum Gasteiger partial charge on any atom is -0.343 e. The van der Waals surface area contributed by atoms with E-state index in [2.05, 4.69) is 19.6 Å². The van der Waals surface area contributed by atoms with E-state index in [9.17, 15) is 4.39 Å². The van der Waals surface area contributed by atoms with Gasteiger partial charge in [-0.05, 0) is 12.1 Å². The summed E-state index contributed by atoms with van der Waals surface area (Å²) in [5.74, 6) is 1.06. The molecular formula is C11H8ClFN4O. The number of fused-ring (bicyclic) bond motifs is 1. The van der Waals surface area contributed by atoms with Crippen LogP contribution in [0.15, 0.2) is 29.1 Å². The molecule has 0 aliphatic heterocycles. The fourth-order valence-electron chi connectivity index (χ4n) is 1.83. The van der Waals surface area contributed by atoms with Crippen LogP contribution >= 0.6 is 11.6 Å². The Morgan fingerprint density at radius 3 is 3.00 bits per heavy atom. The van der Waals surface area contributed by atoms with Gasteiger partial charge in [0.25, 0.3) is 0 Å². The first-order valence-electron chi connectivity index (χ1n) is 5.24. The van der Waals surface area contributed by atoms with Crippen LogP contribution in [0.4, 0.5) is 4.39 Å². The van der Waals surface area contributed by atoms with Crippen LogP contribution in [0, 0.1) is 5.82 Å². The summed E-state index contributed by atoms with van der Waals surface area (Å²) >= 11 is 5.84. The Kier molecular flexibility index (Phi) is 2.71. The first kappa shape index (κ1) is 11.2. The smallest absolute Gasteiger partial charge is 0.213 e. The van der Waals surface area contributed by atoms with Gasteiger partial charge < -0.3 is 9.09 Å². The average Bonchev–Trinajstić information content (AvgIpc) is 2.97. The second-order valence-corrected chi connectivity index (χ2v) is 4.00.